The van der Waals surface area contributed by atoms with Crippen molar-refractivity contribution in [2.45, 2.75) is 25.0 Å². The third kappa shape index (κ3) is 5.93. The standard InChI is InChI=1S/C11H21N3O2S/c1-3-4-9-7-13-11(17-9)14-8-10(15)12-5-6-16-2/h9H,3-8H2,1-2H3,(H,12,15)(H,13,14). The van der Waals surface area contributed by atoms with Crippen molar-refractivity contribution in [2.75, 3.05) is 33.4 Å². The van der Waals surface area contributed by atoms with Crippen LogP contribution in [0.1, 0.15) is 19.8 Å². The number of nitrogens with one attached hydrogen (secondary N) is 2. The fourth-order valence-corrected chi connectivity index (χ4v) is 2.62. The summed E-state index contributed by atoms with van der Waals surface area (Å²) < 4.78 is 4.85. The summed E-state index contributed by atoms with van der Waals surface area (Å²) in [6, 6.07) is 0. The van der Waals surface area contributed by atoms with Crippen molar-refractivity contribution in [1.82, 2.24) is 10.6 Å². The van der Waals surface area contributed by atoms with Crippen molar-refractivity contribution in [2.24, 2.45) is 4.99 Å². The van der Waals surface area contributed by atoms with Crippen LogP contribution in [0.15, 0.2) is 4.99 Å². The van der Waals surface area contributed by atoms with Crippen LogP contribution in [0.2, 0.25) is 0 Å². The van der Waals surface area contributed by atoms with Gasteiger partial charge in [0.05, 0.1) is 19.7 Å². The van der Waals surface area contributed by atoms with Crippen LogP contribution in [0.25, 0.3) is 0 Å². The maximum absolute atomic E-state index is 11.4. The maximum atomic E-state index is 11.4. The zero-order valence-electron chi connectivity index (χ0n) is 10.5. The van der Waals surface area contributed by atoms with Crippen molar-refractivity contribution in [3.63, 3.8) is 0 Å². The molecule has 1 atom stereocenters. The summed E-state index contributed by atoms with van der Waals surface area (Å²) in [5.74, 6) is -0.0238. The molecule has 5 nitrogen and oxygen atoms in total. The highest BCUT2D eigenvalue weighted by Gasteiger charge is 2.18. The Morgan fingerprint density at radius 2 is 2.47 bits per heavy atom. The number of thioether (sulfide) groups is 1. The van der Waals surface area contributed by atoms with Gasteiger partial charge in [0, 0.05) is 18.9 Å². The predicted molar refractivity (Wildman–Crippen MR) is 71.5 cm³/mol. The van der Waals surface area contributed by atoms with Gasteiger partial charge in [-0.1, -0.05) is 25.1 Å². The van der Waals surface area contributed by atoms with Gasteiger partial charge in [-0.05, 0) is 6.42 Å². The molecule has 2 N–H and O–H groups in total. The van der Waals surface area contributed by atoms with Gasteiger partial charge in [-0.3, -0.25) is 9.79 Å². The molecule has 0 bridgehead atoms. The molecule has 0 saturated heterocycles. The van der Waals surface area contributed by atoms with Gasteiger partial charge in [0.1, 0.15) is 0 Å². The van der Waals surface area contributed by atoms with Gasteiger partial charge in [-0.15, -0.1) is 0 Å². The average molecular weight is 259 g/mol. The van der Waals surface area contributed by atoms with Gasteiger partial charge >= 0.3 is 0 Å². The number of methoxy groups -OCH3 is 1. The van der Waals surface area contributed by atoms with E-state index in [-0.39, 0.29) is 12.5 Å². The Labute approximate surface area is 107 Å². The Kier molecular flexibility index (Phi) is 7.04. The van der Waals surface area contributed by atoms with E-state index in [1.165, 1.54) is 12.8 Å². The van der Waals surface area contributed by atoms with Gasteiger partial charge in [0.15, 0.2) is 5.17 Å². The van der Waals surface area contributed by atoms with E-state index in [4.69, 9.17) is 4.74 Å². The molecule has 17 heavy (non-hydrogen) atoms. The molecule has 1 amide bonds. The third-order valence-corrected chi connectivity index (χ3v) is 3.57. The van der Waals surface area contributed by atoms with Gasteiger partial charge in [-0.25, -0.2) is 0 Å². The van der Waals surface area contributed by atoms with E-state index >= 15 is 0 Å². The lowest BCUT2D eigenvalue weighted by atomic mass is 10.2. The van der Waals surface area contributed by atoms with E-state index in [1.54, 1.807) is 18.9 Å². The van der Waals surface area contributed by atoms with Crippen molar-refractivity contribution in [3.05, 3.63) is 0 Å². The second-order valence-electron chi connectivity index (χ2n) is 3.87. The van der Waals surface area contributed by atoms with Crippen LogP contribution < -0.4 is 10.6 Å². The number of amides is 1. The molecule has 1 rings (SSSR count). The van der Waals surface area contributed by atoms with Crippen molar-refractivity contribution in [1.29, 1.82) is 0 Å². The normalized spacial score (nSPS) is 18.9. The summed E-state index contributed by atoms with van der Waals surface area (Å²) in [4.78, 5) is 15.8. The molecule has 1 aliphatic rings. The number of hydrogen-bond donors (Lipinski definition) is 2. The minimum absolute atomic E-state index is 0.0238. The summed E-state index contributed by atoms with van der Waals surface area (Å²) in [5, 5.41) is 7.29. The van der Waals surface area contributed by atoms with E-state index in [2.05, 4.69) is 22.5 Å². The van der Waals surface area contributed by atoms with E-state index < -0.39 is 0 Å². The molecule has 0 aliphatic carbocycles. The molecule has 0 aromatic rings. The molecular weight excluding hydrogens is 238 g/mol. The number of ether oxygens (including phenoxy) is 1. The number of carbonyl (C=O) groups excluding carboxylic acids is 1. The minimum Gasteiger partial charge on any atom is -0.383 e. The molecule has 0 spiro atoms. The lowest BCUT2D eigenvalue weighted by Crippen LogP contribution is -2.37. The first-order valence-corrected chi connectivity index (χ1v) is 6.84. The smallest absolute Gasteiger partial charge is 0.239 e. The topological polar surface area (TPSA) is 62.7 Å². The van der Waals surface area contributed by atoms with Gasteiger partial charge in [0.25, 0.3) is 0 Å². The number of carbonyl (C=O) groups is 1. The quantitative estimate of drug-likeness (QED) is 0.658. The van der Waals surface area contributed by atoms with Gasteiger partial charge in [0.2, 0.25) is 5.91 Å². The molecule has 0 aromatic heterocycles. The molecule has 1 aliphatic heterocycles. The largest absolute Gasteiger partial charge is 0.383 e. The molecule has 0 radical (unpaired) electrons. The van der Waals surface area contributed by atoms with Crippen LogP contribution in [0.3, 0.4) is 0 Å². The summed E-state index contributed by atoms with van der Waals surface area (Å²) >= 11 is 1.74. The first-order valence-electron chi connectivity index (χ1n) is 5.96. The molecule has 0 saturated carbocycles. The average Bonchev–Trinajstić information content (AvgIpc) is 2.75. The zero-order chi connectivity index (χ0) is 12.5. The predicted octanol–water partition coefficient (Wildman–Crippen LogP) is 0.610. The first kappa shape index (κ1) is 14.3. The molecule has 6 heteroatoms. The second-order valence-corrected chi connectivity index (χ2v) is 5.16. The van der Waals surface area contributed by atoms with Crippen LogP contribution >= 0.6 is 11.8 Å². The van der Waals surface area contributed by atoms with E-state index in [0.717, 1.165) is 11.7 Å². The van der Waals surface area contributed by atoms with Crippen LogP contribution in [-0.2, 0) is 9.53 Å². The lowest BCUT2D eigenvalue weighted by molar-refractivity contribution is -0.120. The fraction of sp³-hybridized carbons (Fsp3) is 0.818. The second kappa shape index (κ2) is 8.36. The Balaban J connectivity index is 2.08. The number of rotatable bonds is 7. The van der Waals surface area contributed by atoms with Crippen molar-refractivity contribution < 1.29 is 9.53 Å². The summed E-state index contributed by atoms with van der Waals surface area (Å²) in [6.07, 6.45) is 2.36. The molecule has 98 valence electrons. The Bertz CT molecular complexity index is 271. The van der Waals surface area contributed by atoms with Gasteiger partial charge < -0.3 is 15.4 Å². The van der Waals surface area contributed by atoms with E-state index in [0.29, 0.717) is 18.4 Å². The molecule has 0 aromatic carbocycles. The molecule has 1 heterocycles. The Morgan fingerprint density at radius 1 is 1.65 bits per heavy atom. The SMILES string of the molecule is CCCC1CN=C(NCC(=O)NCCOC)S1. The molecular formula is C11H21N3O2S. The van der Waals surface area contributed by atoms with Crippen molar-refractivity contribution in [3.8, 4) is 0 Å². The summed E-state index contributed by atoms with van der Waals surface area (Å²) in [5.41, 5.74) is 0. The molecule has 0 fully saturated rings. The fourth-order valence-electron chi connectivity index (χ4n) is 1.50. The lowest BCUT2D eigenvalue weighted by Gasteiger charge is -2.08. The van der Waals surface area contributed by atoms with E-state index in [1.807, 2.05) is 0 Å². The van der Waals surface area contributed by atoms with Crippen LogP contribution in [0, 0.1) is 0 Å². The highest BCUT2D eigenvalue weighted by molar-refractivity contribution is 8.14. The minimum atomic E-state index is -0.0238. The van der Waals surface area contributed by atoms with Crippen LogP contribution in [0.4, 0.5) is 0 Å². The van der Waals surface area contributed by atoms with Gasteiger partial charge in [-0.2, -0.15) is 0 Å². The Hall–Kier alpha value is -0.750. The highest BCUT2D eigenvalue weighted by Crippen LogP contribution is 2.23. The van der Waals surface area contributed by atoms with Crippen LogP contribution in [0.5, 0.6) is 0 Å². The first-order chi connectivity index (χ1) is 8.26. The third-order valence-electron chi connectivity index (χ3n) is 2.36. The summed E-state index contributed by atoms with van der Waals surface area (Å²) in [7, 11) is 1.61. The maximum Gasteiger partial charge on any atom is 0.239 e. The van der Waals surface area contributed by atoms with E-state index in [9.17, 15) is 4.79 Å². The number of amidine groups is 1. The number of hydrogen-bond acceptors (Lipinski definition) is 5. The van der Waals surface area contributed by atoms with Crippen LogP contribution in [-0.4, -0.2) is 49.7 Å². The zero-order valence-corrected chi connectivity index (χ0v) is 11.3. The number of aliphatic imine (C=N–C) groups is 1. The summed E-state index contributed by atoms with van der Waals surface area (Å²) in [6.45, 7) is 4.42. The van der Waals surface area contributed by atoms with Crippen molar-refractivity contribution >= 4 is 22.8 Å². The number of nitrogens with zero attached hydrogens (tertiary/aromatic N) is 1. The molecule has 1 unspecified atom stereocenters. The Morgan fingerprint density at radius 3 is 3.18 bits per heavy atom. The monoisotopic (exact) mass is 259 g/mol. The highest BCUT2D eigenvalue weighted by atomic mass is 32.2.